The van der Waals surface area contributed by atoms with Gasteiger partial charge in [-0.05, 0) is 19.8 Å². The van der Waals surface area contributed by atoms with Gasteiger partial charge in [-0.2, -0.15) is 0 Å². The average molecular weight is 266 g/mol. The molecule has 0 saturated heterocycles. The summed E-state index contributed by atoms with van der Waals surface area (Å²) in [6, 6.07) is 0. The van der Waals surface area contributed by atoms with Crippen LogP contribution in [-0.4, -0.2) is 35.8 Å². The Morgan fingerprint density at radius 3 is 2.58 bits per heavy atom. The van der Waals surface area contributed by atoms with Crippen LogP contribution in [0.2, 0.25) is 0 Å². The van der Waals surface area contributed by atoms with E-state index in [1.165, 1.54) is 0 Å². The fourth-order valence-electron chi connectivity index (χ4n) is 1.68. The molecule has 5 heteroatoms. The van der Waals surface area contributed by atoms with Gasteiger partial charge in [0, 0.05) is 19.7 Å². The molecule has 1 atom stereocenters. The predicted octanol–water partition coefficient (Wildman–Crippen LogP) is 2.35. The van der Waals surface area contributed by atoms with Gasteiger partial charge in [0.25, 0.3) is 0 Å². The Morgan fingerprint density at radius 2 is 2.05 bits per heavy atom. The van der Waals surface area contributed by atoms with E-state index in [0.717, 1.165) is 5.69 Å². The second kappa shape index (κ2) is 7.19. The maximum absolute atomic E-state index is 11.8. The molecule has 1 aromatic heterocycles. The number of methoxy groups -OCH3 is 1. The van der Waals surface area contributed by atoms with Crippen LogP contribution in [0.5, 0.6) is 0 Å². The molecule has 0 radical (unpaired) electrons. The Labute approximate surface area is 114 Å². The van der Waals surface area contributed by atoms with Gasteiger partial charge < -0.3 is 9.47 Å². The molecule has 106 valence electrons. The summed E-state index contributed by atoms with van der Waals surface area (Å²) >= 11 is 0. The summed E-state index contributed by atoms with van der Waals surface area (Å²) in [5, 5.41) is 0. The first-order valence-corrected chi connectivity index (χ1v) is 6.55. The van der Waals surface area contributed by atoms with E-state index in [4.69, 9.17) is 9.47 Å². The van der Waals surface area contributed by atoms with E-state index in [0.29, 0.717) is 24.4 Å². The van der Waals surface area contributed by atoms with Gasteiger partial charge in [0.05, 0.1) is 24.0 Å². The van der Waals surface area contributed by atoms with Crippen LogP contribution >= 0.6 is 0 Å². The van der Waals surface area contributed by atoms with Crippen molar-refractivity contribution < 1.29 is 14.3 Å². The number of aromatic nitrogens is 2. The largest absolute Gasteiger partial charge is 0.462 e. The first-order valence-electron chi connectivity index (χ1n) is 6.55. The average Bonchev–Trinajstić information content (AvgIpc) is 2.38. The summed E-state index contributed by atoms with van der Waals surface area (Å²) < 4.78 is 10.2. The van der Waals surface area contributed by atoms with E-state index >= 15 is 0 Å². The molecule has 19 heavy (non-hydrogen) atoms. The van der Waals surface area contributed by atoms with Crippen LogP contribution < -0.4 is 0 Å². The Bertz CT molecular complexity index is 433. The minimum absolute atomic E-state index is 0.0495. The molecule has 1 aromatic rings. The minimum Gasteiger partial charge on any atom is -0.462 e. The second-order valence-electron chi connectivity index (χ2n) is 4.71. The van der Waals surface area contributed by atoms with E-state index < -0.39 is 0 Å². The van der Waals surface area contributed by atoms with Crippen molar-refractivity contribution in [3.63, 3.8) is 0 Å². The van der Waals surface area contributed by atoms with Crippen molar-refractivity contribution in [2.75, 3.05) is 13.7 Å². The highest BCUT2D eigenvalue weighted by molar-refractivity contribution is 5.90. The molecule has 0 aliphatic rings. The van der Waals surface area contributed by atoms with Gasteiger partial charge in [-0.25, -0.2) is 14.8 Å². The van der Waals surface area contributed by atoms with E-state index in [9.17, 15) is 4.79 Å². The minimum atomic E-state index is -0.363. The van der Waals surface area contributed by atoms with E-state index in [2.05, 4.69) is 9.97 Å². The van der Waals surface area contributed by atoms with Gasteiger partial charge in [-0.15, -0.1) is 0 Å². The lowest BCUT2D eigenvalue weighted by Gasteiger charge is -2.13. The number of hydrogen-bond acceptors (Lipinski definition) is 5. The van der Waals surface area contributed by atoms with E-state index in [-0.39, 0.29) is 18.0 Å². The maximum atomic E-state index is 11.8. The summed E-state index contributed by atoms with van der Waals surface area (Å²) in [4.78, 5) is 20.5. The first kappa shape index (κ1) is 15.6. The third-order valence-corrected chi connectivity index (χ3v) is 2.78. The molecule has 0 spiro atoms. The molecule has 0 aliphatic heterocycles. The van der Waals surface area contributed by atoms with Gasteiger partial charge >= 0.3 is 5.97 Å². The summed E-state index contributed by atoms with van der Waals surface area (Å²) in [6.45, 7) is 8.07. The van der Waals surface area contributed by atoms with Crippen LogP contribution in [0.25, 0.3) is 0 Å². The maximum Gasteiger partial charge on any atom is 0.341 e. The number of carbonyl (C=O) groups excluding carboxylic acids is 1. The predicted molar refractivity (Wildman–Crippen MR) is 72.3 cm³/mol. The zero-order chi connectivity index (χ0) is 14.4. The van der Waals surface area contributed by atoms with Gasteiger partial charge in [0.15, 0.2) is 0 Å². The molecule has 0 aliphatic carbocycles. The van der Waals surface area contributed by atoms with Crippen molar-refractivity contribution in [2.24, 2.45) is 0 Å². The lowest BCUT2D eigenvalue weighted by Crippen LogP contribution is -2.16. The molecule has 0 bridgehead atoms. The molecule has 0 aromatic carbocycles. The third kappa shape index (κ3) is 4.28. The van der Waals surface area contributed by atoms with Crippen molar-refractivity contribution >= 4 is 5.97 Å². The summed E-state index contributed by atoms with van der Waals surface area (Å²) in [5.74, 6) is 0.461. The number of esters is 1. The van der Waals surface area contributed by atoms with Crippen LogP contribution in [0, 0.1) is 0 Å². The van der Waals surface area contributed by atoms with Gasteiger partial charge in [-0.1, -0.05) is 13.8 Å². The number of hydrogen-bond donors (Lipinski definition) is 0. The number of carbonyl (C=O) groups is 1. The van der Waals surface area contributed by atoms with Crippen molar-refractivity contribution in [1.29, 1.82) is 0 Å². The SMILES string of the molecule is CCOC(=O)c1cnc(CC(C)OC)nc1C(C)C. The lowest BCUT2D eigenvalue weighted by atomic mass is 10.0. The van der Waals surface area contributed by atoms with Crippen molar-refractivity contribution in [3.05, 3.63) is 23.3 Å². The molecule has 1 unspecified atom stereocenters. The Hall–Kier alpha value is -1.49. The smallest absolute Gasteiger partial charge is 0.341 e. The summed E-state index contributed by atoms with van der Waals surface area (Å²) in [6.07, 6.45) is 2.23. The Kier molecular flexibility index (Phi) is 5.89. The molecule has 0 N–H and O–H groups in total. The molecule has 0 saturated carbocycles. The van der Waals surface area contributed by atoms with E-state index in [1.54, 1.807) is 20.2 Å². The third-order valence-electron chi connectivity index (χ3n) is 2.78. The summed E-state index contributed by atoms with van der Waals surface area (Å²) in [5.41, 5.74) is 1.18. The molecule has 0 amide bonds. The van der Waals surface area contributed by atoms with Crippen molar-refractivity contribution in [3.8, 4) is 0 Å². The van der Waals surface area contributed by atoms with Gasteiger partial charge in [0.1, 0.15) is 5.82 Å². The zero-order valence-electron chi connectivity index (χ0n) is 12.3. The van der Waals surface area contributed by atoms with Crippen LogP contribution in [-0.2, 0) is 15.9 Å². The number of ether oxygens (including phenoxy) is 2. The van der Waals surface area contributed by atoms with Gasteiger partial charge in [0.2, 0.25) is 0 Å². The highest BCUT2D eigenvalue weighted by Gasteiger charge is 2.18. The van der Waals surface area contributed by atoms with Crippen LogP contribution in [0.1, 0.15) is 55.5 Å². The van der Waals surface area contributed by atoms with Crippen LogP contribution in [0.4, 0.5) is 0 Å². The molecule has 5 nitrogen and oxygen atoms in total. The summed E-state index contributed by atoms with van der Waals surface area (Å²) in [7, 11) is 1.65. The number of nitrogens with zero attached hydrogens (tertiary/aromatic N) is 2. The monoisotopic (exact) mass is 266 g/mol. The van der Waals surface area contributed by atoms with E-state index in [1.807, 2.05) is 20.8 Å². The van der Waals surface area contributed by atoms with Crippen LogP contribution in [0.3, 0.4) is 0 Å². The number of rotatable bonds is 6. The Balaban J connectivity index is 3.04. The second-order valence-corrected chi connectivity index (χ2v) is 4.71. The molecular formula is C14H22N2O3. The molecule has 0 fully saturated rings. The lowest BCUT2D eigenvalue weighted by molar-refractivity contribution is 0.0523. The van der Waals surface area contributed by atoms with Crippen LogP contribution in [0.15, 0.2) is 6.20 Å². The quantitative estimate of drug-likeness (QED) is 0.740. The normalized spacial score (nSPS) is 12.5. The molecule has 1 heterocycles. The molecular weight excluding hydrogens is 244 g/mol. The topological polar surface area (TPSA) is 61.3 Å². The van der Waals surface area contributed by atoms with Gasteiger partial charge in [-0.3, -0.25) is 0 Å². The Morgan fingerprint density at radius 1 is 1.37 bits per heavy atom. The van der Waals surface area contributed by atoms with Crippen molar-refractivity contribution in [2.45, 2.75) is 46.1 Å². The standard InChI is InChI=1S/C14H22N2O3/c1-6-19-14(17)11-8-15-12(7-10(4)18-5)16-13(11)9(2)3/h8-10H,6-7H2,1-5H3. The van der Waals surface area contributed by atoms with Crippen molar-refractivity contribution in [1.82, 2.24) is 9.97 Å². The molecule has 1 rings (SSSR count). The highest BCUT2D eigenvalue weighted by atomic mass is 16.5. The first-order chi connectivity index (χ1) is 8.99. The fraction of sp³-hybridized carbons (Fsp3) is 0.643. The highest BCUT2D eigenvalue weighted by Crippen LogP contribution is 2.18. The fourth-order valence-corrected chi connectivity index (χ4v) is 1.68. The zero-order valence-corrected chi connectivity index (χ0v) is 12.3.